The Bertz CT molecular complexity index is 342. The van der Waals surface area contributed by atoms with Crippen molar-refractivity contribution in [2.75, 3.05) is 7.05 Å². The van der Waals surface area contributed by atoms with Crippen LogP contribution in [0.3, 0.4) is 0 Å². The van der Waals surface area contributed by atoms with Crippen LogP contribution in [0, 0.1) is 0 Å². The van der Waals surface area contributed by atoms with Gasteiger partial charge in [-0.3, -0.25) is 4.55 Å². The van der Waals surface area contributed by atoms with Crippen LogP contribution in [0.25, 0.3) is 0 Å². The summed E-state index contributed by atoms with van der Waals surface area (Å²) in [5.74, 6) is 0. The average Bonchev–Trinajstić information content (AvgIpc) is 2.59. The van der Waals surface area contributed by atoms with E-state index in [4.69, 9.17) is 4.55 Å². The predicted molar refractivity (Wildman–Crippen MR) is 56.2 cm³/mol. The topological polar surface area (TPSA) is 40.5 Å². The summed E-state index contributed by atoms with van der Waals surface area (Å²) in [5, 5.41) is 0. The molecule has 0 fully saturated rings. The smallest absolute Gasteiger partial charge is 0.234 e. The van der Waals surface area contributed by atoms with E-state index in [1.54, 1.807) is 7.05 Å². The second kappa shape index (κ2) is 3.81. The SMILES string of the molecule is CN(C1Cc2ccccc2C1)S(=O)O. The monoisotopic (exact) mass is 211 g/mol. The zero-order valence-corrected chi connectivity index (χ0v) is 8.83. The minimum absolute atomic E-state index is 0.165. The molecule has 1 aromatic rings. The number of hydrogen-bond acceptors (Lipinski definition) is 1. The molecule has 14 heavy (non-hydrogen) atoms. The second-order valence-corrected chi connectivity index (χ2v) is 4.65. The summed E-state index contributed by atoms with van der Waals surface area (Å²) in [6, 6.07) is 8.36. The zero-order valence-electron chi connectivity index (χ0n) is 8.01. The zero-order chi connectivity index (χ0) is 10.1. The van der Waals surface area contributed by atoms with Gasteiger partial charge in [0, 0.05) is 13.1 Å². The molecule has 0 saturated carbocycles. The summed E-state index contributed by atoms with van der Waals surface area (Å²) in [6.07, 6.45) is 1.75. The third kappa shape index (κ3) is 1.73. The van der Waals surface area contributed by atoms with Crippen LogP contribution in [0.5, 0.6) is 0 Å². The maximum absolute atomic E-state index is 10.9. The van der Waals surface area contributed by atoms with E-state index < -0.39 is 11.3 Å². The van der Waals surface area contributed by atoms with Crippen molar-refractivity contribution >= 4 is 11.3 Å². The Balaban J connectivity index is 2.15. The van der Waals surface area contributed by atoms with E-state index in [0.717, 1.165) is 12.8 Å². The molecule has 0 amide bonds. The quantitative estimate of drug-likeness (QED) is 0.747. The first kappa shape index (κ1) is 9.83. The highest BCUT2D eigenvalue weighted by Crippen LogP contribution is 2.24. The number of fused-ring (bicyclic) bond motifs is 1. The van der Waals surface area contributed by atoms with E-state index in [-0.39, 0.29) is 6.04 Å². The molecule has 1 aliphatic carbocycles. The van der Waals surface area contributed by atoms with Crippen LogP contribution >= 0.6 is 0 Å². The van der Waals surface area contributed by atoms with Gasteiger partial charge >= 0.3 is 0 Å². The molecule has 0 aliphatic heterocycles. The van der Waals surface area contributed by atoms with Crippen molar-refractivity contribution in [2.45, 2.75) is 18.9 Å². The first-order chi connectivity index (χ1) is 6.68. The van der Waals surface area contributed by atoms with Crippen molar-refractivity contribution in [3.8, 4) is 0 Å². The molecule has 76 valence electrons. The Labute approximate surface area is 86.2 Å². The summed E-state index contributed by atoms with van der Waals surface area (Å²) < 4.78 is 21.3. The Hall–Kier alpha value is -0.710. The third-order valence-electron chi connectivity index (χ3n) is 2.79. The van der Waals surface area contributed by atoms with Crippen LogP contribution in [0.4, 0.5) is 0 Å². The van der Waals surface area contributed by atoms with Gasteiger partial charge in [-0.15, -0.1) is 0 Å². The van der Waals surface area contributed by atoms with Crippen molar-refractivity contribution in [2.24, 2.45) is 0 Å². The molecule has 0 saturated heterocycles. The fourth-order valence-electron chi connectivity index (χ4n) is 1.92. The number of hydrogen-bond donors (Lipinski definition) is 1. The molecule has 0 radical (unpaired) electrons. The highest BCUT2D eigenvalue weighted by atomic mass is 32.2. The minimum Gasteiger partial charge on any atom is -0.294 e. The van der Waals surface area contributed by atoms with Crippen LogP contribution < -0.4 is 0 Å². The highest BCUT2D eigenvalue weighted by Gasteiger charge is 2.26. The average molecular weight is 211 g/mol. The molecule has 1 N–H and O–H groups in total. The van der Waals surface area contributed by atoms with Crippen LogP contribution in [-0.4, -0.2) is 26.2 Å². The summed E-state index contributed by atoms with van der Waals surface area (Å²) in [6.45, 7) is 0. The largest absolute Gasteiger partial charge is 0.294 e. The molecular formula is C10H13NO2S. The molecule has 1 aromatic carbocycles. The molecule has 0 heterocycles. The van der Waals surface area contributed by atoms with Crippen molar-refractivity contribution in [1.82, 2.24) is 4.31 Å². The normalized spacial score (nSPS) is 18.5. The summed E-state index contributed by atoms with van der Waals surface area (Å²) in [4.78, 5) is 0. The predicted octanol–water partition coefficient (Wildman–Crippen LogP) is 1.22. The number of rotatable bonds is 2. The van der Waals surface area contributed by atoms with E-state index in [1.807, 2.05) is 12.1 Å². The van der Waals surface area contributed by atoms with E-state index in [0.29, 0.717) is 0 Å². The van der Waals surface area contributed by atoms with Crippen LogP contribution in [0.2, 0.25) is 0 Å². The maximum Gasteiger partial charge on any atom is 0.234 e. The summed E-state index contributed by atoms with van der Waals surface area (Å²) in [5.41, 5.74) is 2.60. The van der Waals surface area contributed by atoms with E-state index in [1.165, 1.54) is 15.4 Å². The molecule has 0 bridgehead atoms. The standard InChI is InChI=1S/C10H13NO2S/c1-11(14(12)13)10-6-8-4-2-3-5-9(8)7-10/h2-5,10H,6-7H2,1H3,(H,12,13). The lowest BCUT2D eigenvalue weighted by molar-refractivity contribution is 0.367. The second-order valence-electron chi connectivity index (χ2n) is 3.61. The van der Waals surface area contributed by atoms with Gasteiger partial charge in [-0.2, -0.15) is 0 Å². The van der Waals surface area contributed by atoms with Gasteiger partial charge in [0.25, 0.3) is 0 Å². The van der Waals surface area contributed by atoms with Gasteiger partial charge < -0.3 is 0 Å². The maximum atomic E-state index is 10.9. The van der Waals surface area contributed by atoms with E-state index in [9.17, 15) is 4.21 Å². The molecule has 4 heteroatoms. The van der Waals surface area contributed by atoms with Crippen molar-refractivity contribution < 1.29 is 8.76 Å². The fourth-order valence-corrected chi connectivity index (χ4v) is 2.32. The Morgan fingerprint density at radius 2 is 1.86 bits per heavy atom. The van der Waals surface area contributed by atoms with Gasteiger partial charge in [0.2, 0.25) is 11.3 Å². The van der Waals surface area contributed by atoms with Crippen molar-refractivity contribution in [3.63, 3.8) is 0 Å². The number of nitrogens with zero attached hydrogens (tertiary/aromatic N) is 1. The first-order valence-electron chi connectivity index (χ1n) is 4.59. The molecule has 0 aromatic heterocycles. The van der Waals surface area contributed by atoms with Crippen molar-refractivity contribution in [3.05, 3.63) is 35.4 Å². The lowest BCUT2D eigenvalue weighted by Crippen LogP contribution is -2.33. The van der Waals surface area contributed by atoms with E-state index >= 15 is 0 Å². The van der Waals surface area contributed by atoms with Gasteiger partial charge in [-0.25, -0.2) is 8.51 Å². The fraction of sp³-hybridized carbons (Fsp3) is 0.400. The molecule has 0 spiro atoms. The molecule has 1 aliphatic rings. The Kier molecular flexibility index (Phi) is 2.67. The number of likely N-dealkylation sites (N-methyl/N-ethyl adjacent to an activating group) is 1. The molecule has 1 unspecified atom stereocenters. The minimum atomic E-state index is -1.86. The van der Waals surface area contributed by atoms with Gasteiger partial charge in [-0.1, -0.05) is 24.3 Å². The van der Waals surface area contributed by atoms with Crippen LogP contribution in [-0.2, 0) is 24.1 Å². The van der Waals surface area contributed by atoms with Gasteiger partial charge in [0.05, 0.1) is 0 Å². The Morgan fingerprint density at radius 1 is 1.36 bits per heavy atom. The summed E-state index contributed by atoms with van der Waals surface area (Å²) >= 11 is -1.86. The van der Waals surface area contributed by atoms with Crippen LogP contribution in [0.15, 0.2) is 24.3 Å². The van der Waals surface area contributed by atoms with Crippen molar-refractivity contribution in [1.29, 1.82) is 0 Å². The number of benzene rings is 1. The highest BCUT2D eigenvalue weighted by molar-refractivity contribution is 7.76. The van der Waals surface area contributed by atoms with Crippen LogP contribution in [0.1, 0.15) is 11.1 Å². The van der Waals surface area contributed by atoms with E-state index in [2.05, 4.69) is 12.1 Å². The molecule has 2 rings (SSSR count). The molecular weight excluding hydrogens is 198 g/mol. The molecule has 1 atom stereocenters. The molecule has 3 nitrogen and oxygen atoms in total. The first-order valence-corrected chi connectivity index (χ1v) is 5.65. The van der Waals surface area contributed by atoms with Gasteiger partial charge in [0.1, 0.15) is 0 Å². The van der Waals surface area contributed by atoms with Gasteiger partial charge in [-0.05, 0) is 24.0 Å². The third-order valence-corrected chi connectivity index (χ3v) is 3.58. The van der Waals surface area contributed by atoms with Gasteiger partial charge in [0.15, 0.2) is 0 Å². The summed E-state index contributed by atoms with van der Waals surface area (Å²) in [7, 11) is 1.69. The Morgan fingerprint density at radius 3 is 2.29 bits per heavy atom. The lowest BCUT2D eigenvalue weighted by Gasteiger charge is -2.18. The lowest BCUT2D eigenvalue weighted by atomic mass is 10.1.